The average molecular weight is 500 g/mol. The molecule has 0 unspecified atom stereocenters. The van der Waals surface area contributed by atoms with Gasteiger partial charge in [-0.1, -0.05) is 45.4 Å². The molecule has 28 heavy (non-hydrogen) atoms. The Labute approximate surface area is 180 Å². The maximum Gasteiger partial charge on any atom is 0.262 e. The molecule has 1 heterocycles. The minimum Gasteiger partial charge on any atom is -0.283 e. The highest BCUT2D eigenvalue weighted by atomic mass is 79.9. The summed E-state index contributed by atoms with van der Waals surface area (Å²) in [7, 11) is -3.43. The van der Waals surface area contributed by atoms with Gasteiger partial charge < -0.3 is 0 Å². The highest BCUT2D eigenvalue weighted by Crippen LogP contribution is 2.22. The summed E-state index contributed by atoms with van der Waals surface area (Å²) in [5.41, 5.74) is 0.274. The van der Waals surface area contributed by atoms with Crippen LogP contribution in [0.2, 0.25) is 5.02 Å². The zero-order valence-electron chi connectivity index (χ0n) is 14.6. The molecule has 0 spiro atoms. The number of allylic oxidation sites excluding steroid dienone is 1. The van der Waals surface area contributed by atoms with E-state index in [0.29, 0.717) is 21.1 Å². The van der Waals surface area contributed by atoms with Gasteiger partial charge in [0.2, 0.25) is 0 Å². The number of benzene rings is 2. The number of sulfone groups is 1. The number of thioether (sulfide) groups is 1. The number of fused-ring (bicyclic) bond motifs is 1. The van der Waals surface area contributed by atoms with Crippen LogP contribution in [-0.2, 0) is 16.4 Å². The van der Waals surface area contributed by atoms with Crippen molar-refractivity contribution in [2.24, 2.45) is 0 Å². The lowest BCUT2D eigenvalue weighted by Gasteiger charge is -2.12. The van der Waals surface area contributed by atoms with Gasteiger partial charge in [0.25, 0.3) is 5.56 Å². The fourth-order valence-corrected chi connectivity index (χ4v) is 5.66. The van der Waals surface area contributed by atoms with E-state index >= 15 is 0 Å². The molecular formula is C19H16BrClN2O3S2. The zero-order valence-corrected chi connectivity index (χ0v) is 18.6. The van der Waals surface area contributed by atoms with Gasteiger partial charge in [0.15, 0.2) is 15.0 Å². The molecule has 0 amide bonds. The molecule has 3 rings (SSSR count). The summed E-state index contributed by atoms with van der Waals surface area (Å²) in [5.74, 6) is 0.185. The van der Waals surface area contributed by atoms with Crippen molar-refractivity contribution in [3.63, 3.8) is 0 Å². The summed E-state index contributed by atoms with van der Waals surface area (Å²) in [4.78, 5) is 17.5. The monoisotopic (exact) mass is 498 g/mol. The van der Waals surface area contributed by atoms with Crippen LogP contribution in [0.3, 0.4) is 0 Å². The molecule has 3 aromatic rings. The summed E-state index contributed by atoms with van der Waals surface area (Å²) in [5, 5.41) is 1.37. The second-order valence-corrected chi connectivity index (χ2v) is 10.4. The van der Waals surface area contributed by atoms with E-state index in [9.17, 15) is 13.2 Å². The summed E-state index contributed by atoms with van der Waals surface area (Å²) in [6, 6.07) is 11.4. The predicted molar refractivity (Wildman–Crippen MR) is 118 cm³/mol. The molecule has 0 atom stereocenters. The first-order valence-electron chi connectivity index (χ1n) is 8.24. The van der Waals surface area contributed by atoms with E-state index in [4.69, 9.17) is 11.6 Å². The Hall–Kier alpha value is -1.61. The lowest BCUT2D eigenvalue weighted by Crippen LogP contribution is -2.23. The molecule has 9 heteroatoms. The number of hydrogen-bond acceptors (Lipinski definition) is 5. The number of halogens is 2. The van der Waals surface area contributed by atoms with Crippen molar-refractivity contribution in [3.05, 3.63) is 75.0 Å². The average Bonchev–Trinajstić information content (AvgIpc) is 2.64. The lowest BCUT2D eigenvalue weighted by atomic mass is 10.2. The van der Waals surface area contributed by atoms with Crippen LogP contribution in [0.5, 0.6) is 0 Å². The molecule has 0 saturated heterocycles. The molecule has 0 bridgehead atoms. The van der Waals surface area contributed by atoms with Crippen LogP contribution in [0.25, 0.3) is 10.9 Å². The first-order chi connectivity index (χ1) is 13.3. The Balaban J connectivity index is 1.87. The molecular weight excluding hydrogens is 484 g/mol. The van der Waals surface area contributed by atoms with Gasteiger partial charge in [-0.15, -0.1) is 6.58 Å². The quantitative estimate of drug-likeness (QED) is 0.271. The van der Waals surface area contributed by atoms with Crippen molar-refractivity contribution in [1.82, 2.24) is 9.55 Å². The number of hydrogen-bond donors (Lipinski definition) is 0. The van der Waals surface area contributed by atoms with E-state index in [1.54, 1.807) is 48.5 Å². The van der Waals surface area contributed by atoms with Gasteiger partial charge >= 0.3 is 0 Å². The third-order valence-corrected chi connectivity index (χ3v) is 7.68. The minimum atomic E-state index is -3.43. The Morgan fingerprint density at radius 2 is 1.93 bits per heavy atom. The Kier molecular flexibility index (Phi) is 6.65. The van der Waals surface area contributed by atoms with Crippen molar-refractivity contribution in [1.29, 1.82) is 0 Å². The standard InChI is InChI=1S/C19H16BrClN2O3S2/c1-2-9-23-18(24)16-8-5-14(21)12-17(16)22-19(23)27-10-11-28(25,26)15-6-3-13(20)4-7-15/h2-8,12H,1,9-11H2. The topological polar surface area (TPSA) is 69.0 Å². The van der Waals surface area contributed by atoms with Crippen LogP contribution in [0.15, 0.2) is 74.4 Å². The van der Waals surface area contributed by atoms with Crippen molar-refractivity contribution in [2.45, 2.75) is 16.6 Å². The fraction of sp³-hybridized carbons (Fsp3) is 0.158. The normalized spacial score (nSPS) is 11.6. The summed E-state index contributed by atoms with van der Waals surface area (Å²) >= 11 is 10.5. The molecule has 0 saturated carbocycles. The van der Waals surface area contributed by atoms with Crippen LogP contribution in [0.4, 0.5) is 0 Å². The van der Waals surface area contributed by atoms with Crippen molar-refractivity contribution in [3.8, 4) is 0 Å². The molecule has 0 fully saturated rings. The van der Waals surface area contributed by atoms with E-state index in [1.807, 2.05) is 0 Å². The van der Waals surface area contributed by atoms with Crippen LogP contribution < -0.4 is 5.56 Å². The number of aromatic nitrogens is 2. The van der Waals surface area contributed by atoms with Crippen molar-refractivity contribution in [2.75, 3.05) is 11.5 Å². The van der Waals surface area contributed by atoms with Gasteiger partial charge in [-0.2, -0.15) is 0 Å². The zero-order chi connectivity index (χ0) is 20.3. The Morgan fingerprint density at radius 3 is 2.61 bits per heavy atom. The third kappa shape index (κ3) is 4.68. The lowest BCUT2D eigenvalue weighted by molar-refractivity contribution is 0.597. The summed E-state index contributed by atoms with van der Waals surface area (Å²) in [6.45, 7) is 3.96. The number of rotatable bonds is 7. The van der Waals surface area contributed by atoms with E-state index in [0.717, 1.165) is 4.47 Å². The first kappa shape index (κ1) is 21.1. The molecule has 2 aromatic carbocycles. The van der Waals surface area contributed by atoms with Crippen LogP contribution in [0, 0.1) is 0 Å². The molecule has 0 radical (unpaired) electrons. The second kappa shape index (κ2) is 8.82. The molecule has 0 aliphatic heterocycles. The maximum absolute atomic E-state index is 12.8. The summed E-state index contributed by atoms with van der Waals surface area (Å²) < 4.78 is 27.3. The van der Waals surface area contributed by atoms with Crippen molar-refractivity contribution >= 4 is 60.0 Å². The molecule has 1 aromatic heterocycles. The minimum absolute atomic E-state index is 0.0726. The third-order valence-electron chi connectivity index (χ3n) is 3.95. The highest BCUT2D eigenvalue weighted by Gasteiger charge is 2.16. The van der Waals surface area contributed by atoms with Crippen molar-refractivity contribution < 1.29 is 8.42 Å². The van der Waals surface area contributed by atoms with E-state index in [1.165, 1.54) is 16.3 Å². The van der Waals surface area contributed by atoms with Gasteiger partial charge in [-0.3, -0.25) is 9.36 Å². The van der Waals surface area contributed by atoms with Crippen LogP contribution in [0.1, 0.15) is 0 Å². The number of nitrogens with zero attached hydrogens (tertiary/aromatic N) is 2. The van der Waals surface area contributed by atoms with Crippen LogP contribution in [-0.4, -0.2) is 29.5 Å². The van der Waals surface area contributed by atoms with Gasteiger partial charge in [-0.25, -0.2) is 13.4 Å². The first-order valence-corrected chi connectivity index (χ1v) is 12.0. The predicted octanol–water partition coefficient (Wildman–Crippen LogP) is 4.56. The highest BCUT2D eigenvalue weighted by molar-refractivity contribution is 9.10. The summed E-state index contributed by atoms with van der Waals surface area (Å²) in [6.07, 6.45) is 1.60. The molecule has 0 aliphatic carbocycles. The molecule has 0 N–H and O–H groups in total. The Morgan fingerprint density at radius 1 is 1.21 bits per heavy atom. The molecule has 146 valence electrons. The van der Waals surface area contributed by atoms with Gasteiger partial charge in [0.1, 0.15) is 0 Å². The van der Waals surface area contributed by atoms with Gasteiger partial charge in [-0.05, 0) is 42.5 Å². The van der Waals surface area contributed by atoms with Crippen LogP contribution >= 0.6 is 39.3 Å². The van der Waals surface area contributed by atoms with Gasteiger partial charge in [0, 0.05) is 21.8 Å². The van der Waals surface area contributed by atoms with E-state index < -0.39 is 9.84 Å². The van der Waals surface area contributed by atoms with Gasteiger partial charge in [0.05, 0.1) is 21.6 Å². The molecule has 5 nitrogen and oxygen atoms in total. The van der Waals surface area contributed by atoms with E-state index in [-0.39, 0.29) is 28.5 Å². The largest absolute Gasteiger partial charge is 0.283 e. The fourth-order valence-electron chi connectivity index (χ4n) is 2.58. The SMILES string of the molecule is C=CCn1c(SCCS(=O)(=O)c2ccc(Br)cc2)nc2cc(Cl)ccc2c1=O. The molecule has 0 aliphatic rings. The maximum atomic E-state index is 12.8. The smallest absolute Gasteiger partial charge is 0.262 e. The second-order valence-electron chi connectivity index (χ2n) is 5.88. The van der Waals surface area contributed by atoms with E-state index in [2.05, 4.69) is 27.5 Å². The Bertz CT molecular complexity index is 1190.